The van der Waals surface area contributed by atoms with E-state index < -0.39 is 15.4 Å². The highest BCUT2D eigenvalue weighted by Crippen LogP contribution is 2.44. The molecular formula is C20H26ClN3O3S. The number of amides is 1. The fourth-order valence-corrected chi connectivity index (χ4v) is 4.45. The lowest BCUT2D eigenvalue weighted by atomic mass is 9.64. The Morgan fingerprint density at radius 3 is 2.39 bits per heavy atom. The average Bonchev–Trinajstić information content (AvgIpc) is 2.64. The third kappa shape index (κ3) is 5.11. The Kier molecular flexibility index (Phi) is 7.60. The quantitative estimate of drug-likeness (QED) is 0.607. The minimum Gasteiger partial charge on any atom is -0.329 e. The molecule has 2 aromatic rings. The molecule has 1 aliphatic rings. The van der Waals surface area contributed by atoms with E-state index in [1.807, 2.05) is 30.3 Å². The fourth-order valence-electron chi connectivity index (χ4n) is 3.36. The minimum atomic E-state index is -3.64. The van der Waals surface area contributed by atoms with Gasteiger partial charge in [-0.05, 0) is 43.0 Å². The second-order valence-electron chi connectivity index (χ2n) is 6.96. The van der Waals surface area contributed by atoms with Gasteiger partial charge in [0.15, 0.2) is 0 Å². The Morgan fingerprint density at radius 1 is 1.07 bits per heavy atom. The molecular weight excluding hydrogens is 398 g/mol. The first kappa shape index (κ1) is 22.4. The van der Waals surface area contributed by atoms with E-state index in [0.717, 1.165) is 24.8 Å². The lowest BCUT2D eigenvalue weighted by Crippen LogP contribution is -2.43. The lowest BCUT2D eigenvalue weighted by molar-refractivity contribution is -0.130. The van der Waals surface area contributed by atoms with Crippen LogP contribution in [0.4, 0.5) is 5.69 Å². The van der Waals surface area contributed by atoms with Crippen molar-refractivity contribution in [1.82, 2.24) is 4.72 Å². The topological polar surface area (TPSA) is 101 Å². The van der Waals surface area contributed by atoms with Crippen molar-refractivity contribution >= 4 is 34.0 Å². The van der Waals surface area contributed by atoms with Crippen molar-refractivity contribution < 1.29 is 13.2 Å². The maximum atomic E-state index is 13.0. The van der Waals surface area contributed by atoms with Crippen LogP contribution in [-0.4, -0.2) is 27.4 Å². The first-order valence-electron chi connectivity index (χ1n) is 9.10. The zero-order chi connectivity index (χ0) is 19.3. The molecule has 0 spiro atoms. The number of hydrogen-bond donors (Lipinski definition) is 3. The van der Waals surface area contributed by atoms with E-state index in [2.05, 4.69) is 10.0 Å². The number of anilines is 1. The molecule has 152 valence electrons. The fraction of sp³-hybridized carbons (Fsp3) is 0.350. The summed E-state index contributed by atoms with van der Waals surface area (Å²) in [6, 6.07) is 16.3. The van der Waals surface area contributed by atoms with E-state index in [9.17, 15) is 13.2 Å². The molecule has 0 bridgehead atoms. The maximum Gasteiger partial charge on any atom is 0.240 e. The van der Waals surface area contributed by atoms with Gasteiger partial charge in [0.25, 0.3) is 0 Å². The Bertz CT molecular complexity index is 900. The summed E-state index contributed by atoms with van der Waals surface area (Å²) in [6.45, 7) is 0.386. The van der Waals surface area contributed by atoms with E-state index in [1.165, 1.54) is 12.1 Å². The molecule has 0 atom stereocenters. The van der Waals surface area contributed by atoms with Crippen molar-refractivity contribution in [2.45, 2.75) is 30.6 Å². The molecule has 28 heavy (non-hydrogen) atoms. The highest BCUT2D eigenvalue weighted by Gasteiger charge is 2.44. The number of hydrogen-bond acceptors (Lipinski definition) is 4. The Morgan fingerprint density at radius 2 is 1.79 bits per heavy atom. The Hall–Kier alpha value is -1.93. The molecule has 6 nitrogen and oxygen atoms in total. The van der Waals surface area contributed by atoms with Gasteiger partial charge in [-0.15, -0.1) is 12.4 Å². The lowest BCUT2D eigenvalue weighted by Gasteiger charge is -2.40. The maximum absolute atomic E-state index is 13.0. The van der Waals surface area contributed by atoms with E-state index >= 15 is 0 Å². The molecule has 0 radical (unpaired) electrons. The number of benzene rings is 2. The molecule has 8 heteroatoms. The Balaban J connectivity index is 0.00000280. The zero-order valence-electron chi connectivity index (χ0n) is 15.6. The highest BCUT2D eigenvalue weighted by atomic mass is 35.5. The van der Waals surface area contributed by atoms with Gasteiger partial charge in [0.05, 0.1) is 10.3 Å². The van der Waals surface area contributed by atoms with Crippen LogP contribution in [0.25, 0.3) is 0 Å². The summed E-state index contributed by atoms with van der Waals surface area (Å²) in [5, 5.41) is 2.92. The highest BCUT2D eigenvalue weighted by molar-refractivity contribution is 7.89. The number of rotatable bonds is 8. The summed E-state index contributed by atoms with van der Waals surface area (Å²) in [4.78, 5) is 13.1. The van der Waals surface area contributed by atoms with Crippen LogP contribution in [-0.2, 0) is 21.2 Å². The summed E-state index contributed by atoms with van der Waals surface area (Å²) in [7, 11) is -3.64. The van der Waals surface area contributed by atoms with Crippen LogP contribution in [0.5, 0.6) is 0 Å². The molecule has 1 saturated carbocycles. The van der Waals surface area contributed by atoms with Crippen LogP contribution in [0, 0.1) is 5.41 Å². The van der Waals surface area contributed by atoms with Crippen LogP contribution in [0.15, 0.2) is 59.5 Å². The predicted octanol–water partition coefficient (Wildman–Crippen LogP) is 2.70. The molecule has 2 aromatic carbocycles. The van der Waals surface area contributed by atoms with E-state index in [1.54, 1.807) is 12.1 Å². The van der Waals surface area contributed by atoms with Crippen LogP contribution in [0.2, 0.25) is 0 Å². The van der Waals surface area contributed by atoms with Gasteiger partial charge in [0.2, 0.25) is 15.9 Å². The first-order valence-corrected chi connectivity index (χ1v) is 10.6. The number of carbonyl (C=O) groups excluding carboxylic acids is 1. The van der Waals surface area contributed by atoms with Gasteiger partial charge >= 0.3 is 0 Å². The third-order valence-corrected chi connectivity index (χ3v) is 6.47. The molecule has 0 aromatic heterocycles. The molecule has 0 unspecified atom stereocenters. The smallest absolute Gasteiger partial charge is 0.240 e. The molecule has 1 fully saturated rings. The summed E-state index contributed by atoms with van der Waals surface area (Å²) < 4.78 is 26.9. The normalized spacial score (nSPS) is 15.2. The van der Waals surface area contributed by atoms with Crippen molar-refractivity contribution in [2.24, 2.45) is 11.1 Å². The second kappa shape index (κ2) is 9.52. The average molecular weight is 424 g/mol. The zero-order valence-corrected chi connectivity index (χ0v) is 17.2. The first-order chi connectivity index (χ1) is 13.0. The van der Waals surface area contributed by atoms with E-state index in [0.29, 0.717) is 12.1 Å². The van der Waals surface area contributed by atoms with Gasteiger partial charge in [0, 0.05) is 18.8 Å². The van der Waals surface area contributed by atoms with Crippen molar-refractivity contribution in [3.63, 3.8) is 0 Å². The van der Waals surface area contributed by atoms with Gasteiger partial charge in [0.1, 0.15) is 0 Å². The van der Waals surface area contributed by atoms with Crippen molar-refractivity contribution in [2.75, 3.05) is 18.4 Å². The summed E-state index contributed by atoms with van der Waals surface area (Å²) in [5.74, 6) is -0.0536. The van der Waals surface area contributed by atoms with Gasteiger partial charge < -0.3 is 11.1 Å². The molecule has 4 N–H and O–H groups in total. The second-order valence-corrected chi connectivity index (χ2v) is 8.73. The SMILES string of the molecule is Cl.NCCNS(=O)(=O)c1cccc(NC(=O)C2(Cc3ccccc3)CCC2)c1. The minimum absolute atomic E-state index is 0. The van der Waals surface area contributed by atoms with E-state index in [4.69, 9.17) is 5.73 Å². The largest absolute Gasteiger partial charge is 0.329 e. The van der Waals surface area contributed by atoms with Crippen LogP contribution in [0.3, 0.4) is 0 Å². The molecule has 0 aliphatic heterocycles. The summed E-state index contributed by atoms with van der Waals surface area (Å²) in [6.07, 6.45) is 3.39. The monoisotopic (exact) mass is 423 g/mol. The summed E-state index contributed by atoms with van der Waals surface area (Å²) in [5.41, 5.74) is 6.55. The third-order valence-electron chi connectivity index (χ3n) is 5.02. The molecule has 0 heterocycles. The van der Waals surface area contributed by atoms with Crippen molar-refractivity contribution in [3.8, 4) is 0 Å². The molecule has 0 saturated heterocycles. The molecule has 3 rings (SSSR count). The number of halogens is 1. The van der Waals surface area contributed by atoms with Gasteiger partial charge in [-0.3, -0.25) is 4.79 Å². The van der Waals surface area contributed by atoms with Gasteiger partial charge in [-0.2, -0.15) is 0 Å². The molecule has 1 aliphatic carbocycles. The van der Waals surface area contributed by atoms with Crippen LogP contribution >= 0.6 is 12.4 Å². The van der Waals surface area contributed by atoms with Gasteiger partial charge in [-0.25, -0.2) is 13.1 Å². The number of nitrogens with two attached hydrogens (primary N) is 1. The van der Waals surface area contributed by atoms with Crippen LogP contribution < -0.4 is 15.8 Å². The van der Waals surface area contributed by atoms with Crippen molar-refractivity contribution in [3.05, 3.63) is 60.2 Å². The van der Waals surface area contributed by atoms with E-state index in [-0.39, 0.29) is 36.3 Å². The van der Waals surface area contributed by atoms with Crippen LogP contribution in [0.1, 0.15) is 24.8 Å². The Labute approximate surface area is 172 Å². The van der Waals surface area contributed by atoms with Gasteiger partial charge in [-0.1, -0.05) is 42.8 Å². The summed E-state index contributed by atoms with van der Waals surface area (Å²) >= 11 is 0. The number of sulfonamides is 1. The van der Waals surface area contributed by atoms with Crippen molar-refractivity contribution in [1.29, 1.82) is 0 Å². The standard InChI is InChI=1S/C20H25N3O3S.ClH/c21-12-13-22-27(25,26)18-9-4-8-17(14-18)23-19(24)20(10-5-11-20)15-16-6-2-1-3-7-16;/h1-4,6-9,14,22H,5,10-13,15,21H2,(H,23,24);1H. The number of nitrogens with one attached hydrogen (secondary N) is 2. The number of carbonyl (C=O) groups is 1. The predicted molar refractivity (Wildman–Crippen MR) is 113 cm³/mol. The molecule has 1 amide bonds.